The van der Waals surface area contributed by atoms with Crippen molar-refractivity contribution >= 4 is 33.8 Å². The minimum Gasteiger partial charge on any atom is -0.494 e. The Morgan fingerprint density at radius 3 is 2.78 bits per heavy atom. The Morgan fingerprint density at radius 1 is 1.17 bits per heavy atom. The van der Waals surface area contributed by atoms with Crippen LogP contribution in [0, 0.1) is 0 Å². The number of rotatable bonds is 2. The van der Waals surface area contributed by atoms with Gasteiger partial charge in [-0.2, -0.15) is 0 Å². The molecule has 0 radical (unpaired) electrons. The summed E-state index contributed by atoms with van der Waals surface area (Å²) in [5.41, 5.74) is 0.739. The van der Waals surface area contributed by atoms with Crippen LogP contribution in [0.3, 0.4) is 0 Å². The molecule has 0 aliphatic rings. The fraction of sp³-hybridized carbons (Fsp3) is 0.0769. The zero-order valence-electron chi connectivity index (χ0n) is 9.55. The summed E-state index contributed by atoms with van der Waals surface area (Å²) >= 11 is 7.79. The molecule has 5 heteroatoms. The molecule has 2 heterocycles. The molecule has 18 heavy (non-hydrogen) atoms. The Kier molecular flexibility index (Phi) is 2.89. The van der Waals surface area contributed by atoms with E-state index in [9.17, 15) is 0 Å². The summed E-state index contributed by atoms with van der Waals surface area (Å²) < 4.78 is 5.31. The number of para-hydroxylation sites is 1. The normalized spacial score (nSPS) is 10.8. The van der Waals surface area contributed by atoms with Crippen LogP contribution in [0.2, 0.25) is 5.15 Å². The van der Waals surface area contributed by atoms with Gasteiger partial charge in [-0.25, -0.2) is 9.97 Å². The monoisotopic (exact) mass is 276 g/mol. The van der Waals surface area contributed by atoms with Gasteiger partial charge in [0, 0.05) is 5.39 Å². The third-order valence-electron chi connectivity index (χ3n) is 2.60. The van der Waals surface area contributed by atoms with Crippen LogP contribution in [0.1, 0.15) is 0 Å². The van der Waals surface area contributed by atoms with Gasteiger partial charge in [0.25, 0.3) is 0 Å². The van der Waals surface area contributed by atoms with Crippen molar-refractivity contribution in [3.8, 4) is 16.5 Å². The molecule has 1 aromatic carbocycles. The summed E-state index contributed by atoms with van der Waals surface area (Å²) in [6, 6.07) is 9.56. The molecule has 3 nitrogen and oxygen atoms in total. The first-order valence-electron chi connectivity index (χ1n) is 5.33. The highest BCUT2D eigenvalue weighted by Crippen LogP contribution is 2.31. The summed E-state index contributed by atoms with van der Waals surface area (Å²) in [5.74, 6) is 1.33. The molecule has 0 unspecified atom stereocenters. The summed E-state index contributed by atoms with van der Waals surface area (Å²) in [6.45, 7) is 0. The summed E-state index contributed by atoms with van der Waals surface area (Å²) in [6.07, 6.45) is 0. The number of methoxy groups -OCH3 is 1. The van der Waals surface area contributed by atoms with Gasteiger partial charge in [-0.1, -0.05) is 23.7 Å². The van der Waals surface area contributed by atoms with Gasteiger partial charge < -0.3 is 4.74 Å². The Hall–Kier alpha value is -1.65. The number of halogens is 1. The molecule has 0 spiro atoms. The van der Waals surface area contributed by atoms with Crippen molar-refractivity contribution in [2.24, 2.45) is 0 Å². The molecule has 0 bridgehead atoms. The van der Waals surface area contributed by atoms with E-state index in [1.807, 2.05) is 35.7 Å². The lowest BCUT2D eigenvalue weighted by Gasteiger charge is -2.06. The first-order valence-corrected chi connectivity index (χ1v) is 6.59. The highest BCUT2D eigenvalue weighted by Gasteiger charge is 2.11. The standard InChI is InChI=1S/C13H9ClN2OS/c1-17-9-5-2-4-8-11(9)15-13(16-12(8)14)10-6-3-7-18-10/h2-7H,1H3. The summed E-state index contributed by atoms with van der Waals surface area (Å²) in [7, 11) is 1.62. The fourth-order valence-corrected chi connectivity index (χ4v) is 2.66. The Labute approximate surface area is 113 Å². The van der Waals surface area contributed by atoms with Gasteiger partial charge >= 0.3 is 0 Å². The molecular formula is C13H9ClN2OS. The van der Waals surface area contributed by atoms with Crippen LogP contribution in [0.5, 0.6) is 5.75 Å². The first-order chi connectivity index (χ1) is 8.79. The van der Waals surface area contributed by atoms with Crippen molar-refractivity contribution < 1.29 is 4.74 Å². The lowest BCUT2D eigenvalue weighted by molar-refractivity contribution is 0.419. The first kappa shape index (κ1) is 11.4. The number of benzene rings is 1. The molecule has 90 valence electrons. The highest BCUT2D eigenvalue weighted by atomic mass is 35.5. The van der Waals surface area contributed by atoms with E-state index in [2.05, 4.69) is 9.97 Å². The molecular weight excluding hydrogens is 268 g/mol. The molecule has 0 saturated heterocycles. The summed E-state index contributed by atoms with van der Waals surface area (Å²) in [4.78, 5) is 9.86. The van der Waals surface area contributed by atoms with E-state index in [4.69, 9.17) is 16.3 Å². The quantitative estimate of drug-likeness (QED) is 0.663. The molecule has 3 aromatic rings. The Balaban J connectivity index is 2.32. The van der Waals surface area contributed by atoms with Crippen LogP contribution in [0.25, 0.3) is 21.6 Å². The maximum absolute atomic E-state index is 6.21. The van der Waals surface area contributed by atoms with Gasteiger partial charge in [-0.3, -0.25) is 0 Å². The van der Waals surface area contributed by atoms with E-state index in [1.54, 1.807) is 18.4 Å². The lowest BCUT2D eigenvalue weighted by atomic mass is 10.2. The van der Waals surface area contributed by atoms with Crippen molar-refractivity contribution in [1.29, 1.82) is 0 Å². The molecule has 0 aliphatic heterocycles. The maximum atomic E-state index is 6.21. The van der Waals surface area contributed by atoms with Crippen LogP contribution < -0.4 is 4.74 Å². The second-order valence-corrected chi connectivity index (χ2v) is 4.98. The van der Waals surface area contributed by atoms with E-state index in [0.717, 1.165) is 15.8 Å². The van der Waals surface area contributed by atoms with Gasteiger partial charge in [-0.05, 0) is 23.6 Å². The van der Waals surface area contributed by atoms with Crippen LogP contribution >= 0.6 is 22.9 Å². The number of hydrogen-bond donors (Lipinski definition) is 0. The van der Waals surface area contributed by atoms with E-state index >= 15 is 0 Å². The number of fused-ring (bicyclic) bond motifs is 1. The van der Waals surface area contributed by atoms with Crippen molar-refractivity contribution in [2.75, 3.05) is 7.11 Å². The second kappa shape index (κ2) is 4.55. The zero-order chi connectivity index (χ0) is 12.5. The molecule has 3 rings (SSSR count). The Bertz CT molecular complexity index is 698. The number of aromatic nitrogens is 2. The zero-order valence-corrected chi connectivity index (χ0v) is 11.1. The predicted molar refractivity (Wildman–Crippen MR) is 74.4 cm³/mol. The van der Waals surface area contributed by atoms with Crippen LogP contribution in [0.15, 0.2) is 35.7 Å². The van der Waals surface area contributed by atoms with Gasteiger partial charge in [0.2, 0.25) is 0 Å². The molecule has 2 aromatic heterocycles. The molecule has 0 saturated carbocycles. The average molecular weight is 277 g/mol. The number of hydrogen-bond acceptors (Lipinski definition) is 4. The smallest absolute Gasteiger partial charge is 0.171 e. The van der Waals surface area contributed by atoms with Gasteiger partial charge in [-0.15, -0.1) is 11.3 Å². The molecule has 0 N–H and O–H groups in total. The number of thiophene rings is 1. The minimum absolute atomic E-state index is 0.447. The van der Waals surface area contributed by atoms with Gasteiger partial charge in [0.05, 0.1) is 12.0 Å². The molecule has 0 fully saturated rings. The van der Waals surface area contributed by atoms with Crippen molar-refractivity contribution in [1.82, 2.24) is 9.97 Å². The third kappa shape index (κ3) is 1.83. The largest absolute Gasteiger partial charge is 0.494 e. The van der Waals surface area contributed by atoms with Crippen molar-refractivity contribution in [3.63, 3.8) is 0 Å². The van der Waals surface area contributed by atoms with Gasteiger partial charge in [0.15, 0.2) is 5.82 Å². The van der Waals surface area contributed by atoms with E-state index < -0.39 is 0 Å². The van der Waals surface area contributed by atoms with Gasteiger partial charge in [0.1, 0.15) is 16.4 Å². The van der Waals surface area contributed by atoms with Crippen molar-refractivity contribution in [2.45, 2.75) is 0 Å². The van der Waals surface area contributed by atoms with E-state index in [-0.39, 0.29) is 0 Å². The third-order valence-corrected chi connectivity index (χ3v) is 3.76. The maximum Gasteiger partial charge on any atom is 0.171 e. The molecule has 0 amide bonds. The van der Waals surface area contributed by atoms with E-state index in [1.165, 1.54) is 0 Å². The minimum atomic E-state index is 0.447. The average Bonchev–Trinajstić information content (AvgIpc) is 2.92. The second-order valence-electron chi connectivity index (χ2n) is 3.67. The SMILES string of the molecule is COc1cccc2c(Cl)nc(-c3cccs3)nc12. The predicted octanol–water partition coefficient (Wildman–Crippen LogP) is 4.02. The molecule has 0 aliphatic carbocycles. The number of nitrogens with zero attached hydrogens (tertiary/aromatic N) is 2. The topological polar surface area (TPSA) is 35.0 Å². The fourth-order valence-electron chi connectivity index (χ4n) is 1.77. The van der Waals surface area contributed by atoms with Crippen LogP contribution in [-0.2, 0) is 0 Å². The lowest BCUT2D eigenvalue weighted by Crippen LogP contribution is -1.93. The van der Waals surface area contributed by atoms with Crippen molar-refractivity contribution in [3.05, 3.63) is 40.9 Å². The summed E-state index contributed by atoms with van der Waals surface area (Å²) in [5, 5.41) is 3.23. The Morgan fingerprint density at radius 2 is 2.06 bits per heavy atom. The number of ether oxygens (including phenoxy) is 1. The molecule has 0 atom stereocenters. The van der Waals surface area contributed by atoms with Crippen LogP contribution in [-0.4, -0.2) is 17.1 Å². The van der Waals surface area contributed by atoms with E-state index in [0.29, 0.717) is 16.7 Å². The van der Waals surface area contributed by atoms with Crippen LogP contribution in [0.4, 0.5) is 0 Å². The highest BCUT2D eigenvalue weighted by molar-refractivity contribution is 7.13.